The Balaban J connectivity index is 2.10. The summed E-state index contributed by atoms with van der Waals surface area (Å²) in [5.74, 6) is -0.630. The Kier molecular flexibility index (Phi) is 5.07. The fraction of sp³-hybridized carbons (Fsp3) is 0.105. The SMILES string of the molecule is CCOC(=O)/C(C#N)=C/c1cn(-c2ccccc2)nc1-c1cccs1. The summed E-state index contributed by atoms with van der Waals surface area (Å²) >= 11 is 1.55. The highest BCUT2D eigenvalue weighted by atomic mass is 32.1. The van der Waals surface area contributed by atoms with Gasteiger partial charge in [-0.05, 0) is 36.6 Å². The smallest absolute Gasteiger partial charge is 0.348 e. The maximum absolute atomic E-state index is 11.9. The van der Waals surface area contributed by atoms with E-state index in [-0.39, 0.29) is 12.2 Å². The predicted octanol–water partition coefficient (Wildman–Crippen LogP) is 4.07. The lowest BCUT2D eigenvalue weighted by Gasteiger charge is -1.99. The molecule has 5 nitrogen and oxygen atoms in total. The Morgan fingerprint density at radius 1 is 1.32 bits per heavy atom. The number of nitrogens with zero attached hydrogens (tertiary/aromatic N) is 3. The quantitative estimate of drug-likeness (QED) is 0.395. The first kappa shape index (κ1) is 16.7. The van der Waals surface area contributed by atoms with E-state index in [1.807, 2.05) is 53.9 Å². The molecule has 0 unspecified atom stereocenters. The third-order valence-electron chi connectivity index (χ3n) is 3.43. The number of para-hydroxylation sites is 1. The Labute approximate surface area is 149 Å². The van der Waals surface area contributed by atoms with Crippen molar-refractivity contribution >= 4 is 23.4 Å². The molecule has 0 fully saturated rings. The average molecular weight is 349 g/mol. The number of thiophene rings is 1. The van der Waals surface area contributed by atoms with E-state index in [1.165, 1.54) is 6.08 Å². The van der Waals surface area contributed by atoms with Gasteiger partial charge in [0, 0.05) is 11.8 Å². The van der Waals surface area contributed by atoms with Gasteiger partial charge in [-0.1, -0.05) is 24.3 Å². The number of esters is 1. The van der Waals surface area contributed by atoms with Gasteiger partial charge < -0.3 is 4.74 Å². The van der Waals surface area contributed by atoms with Gasteiger partial charge in [0.05, 0.1) is 17.2 Å². The molecule has 0 atom stereocenters. The highest BCUT2D eigenvalue weighted by Gasteiger charge is 2.16. The number of carbonyl (C=O) groups excluding carboxylic acids is 1. The van der Waals surface area contributed by atoms with E-state index < -0.39 is 5.97 Å². The zero-order valence-corrected chi connectivity index (χ0v) is 14.4. The van der Waals surface area contributed by atoms with Crippen LogP contribution >= 0.6 is 11.3 Å². The van der Waals surface area contributed by atoms with Crippen molar-refractivity contribution in [2.75, 3.05) is 6.61 Å². The molecule has 0 saturated carbocycles. The van der Waals surface area contributed by atoms with E-state index in [1.54, 1.807) is 29.1 Å². The van der Waals surface area contributed by atoms with Crippen molar-refractivity contribution in [3.8, 4) is 22.3 Å². The summed E-state index contributed by atoms with van der Waals surface area (Å²) in [7, 11) is 0. The van der Waals surface area contributed by atoms with E-state index in [2.05, 4.69) is 5.10 Å². The number of benzene rings is 1. The van der Waals surface area contributed by atoms with E-state index in [9.17, 15) is 10.1 Å². The summed E-state index contributed by atoms with van der Waals surface area (Å²) in [5.41, 5.74) is 2.26. The Hall–Kier alpha value is -3.17. The number of ether oxygens (including phenoxy) is 1. The molecule has 0 saturated heterocycles. The van der Waals surface area contributed by atoms with Crippen molar-refractivity contribution in [2.24, 2.45) is 0 Å². The van der Waals surface area contributed by atoms with Crippen LogP contribution in [0.15, 0.2) is 59.6 Å². The van der Waals surface area contributed by atoms with Gasteiger partial charge in [-0.3, -0.25) is 0 Å². The molecular weight excluding hydrogens is 334 g/mol. The molecule has 0 amide bonds. The summed E-state index contributed by atoms with van der Waals surface area (Å²) in [6.07, 6.45) is 3.33. The molecule has 3 aromatic rings. The minimum atomic E-state index is -0.630. The van der Waals surface area contributed by atoms with Crippen LogP contribution in [0.2, 0.25) is 0 Å². The normalized spacial score (nSPS) is 11.1. The van der Waals surface area contributed by atoms with Crippen molar-refractivity contribution in [2.45, 2.75) is 6.92 Å². The molecular formula is C19H15N3O2S. The highest BCUT2D eigenvalue weighted by Crippen LogP contribution is 2.29. The molecule has 0 aliphatic heterocycles. The van der Waals surface area contributed by atoms with Crippen molar-refractivity contribution in [3.63, 3.8) is 0 Å². The molecule has 1 aromatic carbocycles. The van der Waals surface area contributed by atoms with Gasteiger partial charge in [0.2, 0.25) is 0 Å². The van der Waals surface area contributed by atoms with E-state index >= 15 is 0 Å². The van der Waals surface area contributed by atoms with Crippen LogP contribution in [-0.2, 0) is 9.53 Å². The largest absolute Gasteiger partial charge is 0.462 e. The first-order valence-electron chi connectivity index (χ1n) is 7.70. The first-order chi connectivity index (χ1) is 12.2. The molecule has 0 N–H and O–H groups in total. The Morgan fingerprint density at radius 2 is 2.12 bits per heavy atom. The van der Waals surface area contributed by atoms with E-state index in [0.717, 1.165) is 16.3 Å². The van der Waals surface area contributed by atoms with E-state index in [0.29, 0.717) is 5.56 Å². The van der Waals surface area contributed by atoms with Crippen LogP contribution < -0.4 is 0 Å². The van der Waals surface area contributed by atoms with Gasteiger partial charge in [-0.25, -0.2) is 9.48 Å². The third kappa shape index (κ3) is 3.67. The highest BCUT2D eigenvalue weighted by molar-refractivity contribution is 7.13. The molecule has 0 spiro atoms. The van der Waals surface area contributed by atoms with Crippen LogP contribution in [0.25, 0.3) is 22.3 Å². The van der Waals surface area contributed by atoms with Crippen LogP contribution in [-0.4, -0.2) is 22.4 Å². The van der Waals surface area contributed by atoms with Gasteiger partial charge >= 0.3 is 5.97 Å². The lowest BCUT2D eigenvalue weighted by molar-refractivity contribution is -0.137. The Bertz CT molecular complexity index is 935. The van der Waals surface area contributed by atoms with Crippen molar-refractivity contribution in [1.82, 2.24) is 9.78 Å². The van der Waals surface area contributed by atoms with Crippen molar-refractivity contribution < 1.29 is 9.53 Å². The minimum Gasteiger partial charge on any atom is -0.462 e. The Morgan fingerprint density at radius 3 is 2.76 bits per heavy atom. The number of hydrogen-bond acceptors (Lipinski definition) is 5. The molecule has 6 heteroatoms. The number of carbonyl (C=O) groups is 1. The third-order valence-corrected chi connectivity index (χ3v) is 4.31. The summed E-state index contributed by atoms with van der Waals surface area (Å²) in [6.45, 7) is 1.93. The number of nitriles is 1. The second kappa shape index (κ2) is 7.60. The van der Waals surface area contributed by atoms with Crippen LogP contribution in [0.5, 0.6) is 0 Å². The maximum Gasteiger partial charge on any atom is 0.348 e. The van der Waals surface area contributed by atoms with Crippen molar-refractivity contribution in [3.05, 3.63) is 65.2 Å². The maximum atomic E-state index is 11.9. The number of hydrogen-bond donors (Lipinski definition) is 0. The molecule has 0 aliphatic rings. The fourth-order valence-electron chi connectivity index (χ4n) is 2.31. The van der Waals surface area contributed by atoms with Crippen LogP contribution in [0.4, 0.5) is 0 Å². The van der Waals surface area contributed by atoms with Crippen molar-refractivity contribution in [1.29, 1.82) is 5.26 Å². The molecule has 2 aromatic heterocycles. The monoisotopic (exact) mass is 349 g/mol. The summed E-state index contributed by atoms with van der Waals surface area (Å²) in [4.78, 5) is 12.9. The predicted molar refractivity (Wildman–Crippen MR) is 97.1 cm³/mol. The van der Waals surface area contributed by atoms with Crippen LogP contribution in [0, 0.1) is 11.3 Å². The lowest BCUT2D eigenvalue weighted by Crippen LogP contribution is -2.06. The van der Waals surface area contributed by atoms with Gasteiger partial charge in [-0.2, -0.15) is 10.4 Å². The topological polar surface area (TPSA) is 67.9 Å². The van der Waals surface area contributed by atoms with Gasteiger partial charge in [-0.15, -0.1) is 11.3 Å². The van der Waals surface area contributed by atoms with Gasteiger partial charge in [0.1, 0.15) is 17.3 Å². The van der Waals surface area contributed by atoms with Crippen LogP contribution in [0.3, 0.4) is 0 Å². The summed E-state index contributed by atoms with van der Waals surface area (Å²) in [6, 6.07) is 15.5. The summed E-state index contributed by atoms with van der Waals surface area (Å²) in [5, 5.41) is 15.9. The fourth-order valence-corrected chi connectivity index (χ4v) is 3.04. The second-order valence-electron chi connectivity index (χ2n) is 5.08. The van der Waals surface area contributed by atoms with Gasteiger partial charge in [0.25, 0.3) is 0 Å². The zero-order valence-electron chi connectivity index (χ0n) is 13.5. The van der Waals surface area contributed by atoms with Crippen LogP contribution in [0.1, 0.15) is 12.5 Å². The molecule has 3 rings (SSSR count). The molecule has 0 aliphatic carbocycles. The molecule has 0 radical (unpaired) electrons. The second-order valence-corrected chi connectivity index (χ2v) is 6.03. The van der Waals surface area contributed by atoms with E-state index in [4.69, 9.17) is 4.74 Å². The average Bonchev–Trinajstić information content (AvgIpc) is 3.30. The molecule has 124 valence electrons. The minimum absolute atomic E-state index is 0.0488. The first-order valence-corrected chi connectivity index (χ1v) is 8.58. The van der Waals surface area contributed by atoms with Gasteiger partial charge in [0.15, 0.2) is 0 Å². The summed E-state index contributed by atoms with van der Waals surface area (Å²) < 4.78 is 6.67. The molecule has 0 bridgehead atoms. The number of aromatic nitrogens is 2. The molecule has 2 heterocycles. The zero-order chi connectivity index (χ0) is 17.6. The number of rotatable bonds is 5. The lowest BCUT2D eigenvalue weighted by atomic mass is 10.1. The standard InChI is InChI=1S/C19H15N3O2S/c1-2-24-19(23)14(12-20)11-15-13-22(16-7-4-3-5-8-16)21-18(15)17-9-6-10-25-17/h3-11,13H,2H2,1H3/b14-11+. The molecule has 25 heavy (non-hydrogen) atoms.